The summed E-state index contributed by atoms with van der Waals surface area (Å²) in [4.78, 5) is 20.3. The van der Waals surface area contributed by atoms with Gasteiger partial charge in [-0.05, 0) is 36.8 Å². The Hall–Kier alpha value is -1.73. The Balaban J connectivity index is 1.31. The Labute approximate surface area is 139 Å². The van der Waals surface area contributed by atoms with Gasteiger partial charge in [-0.1, -0.05) is 0 Å². The van der Waals surface area contributed by atoms with Crippen molar-refractivity contribution in [1.82, 2.24) is 25.0 Å². The van der Waals surface area contributed by atoms with Gasteiger partial charge in [0.05, 0.1) is 13.1 Å². The Morgan fingerprint density at radius 3 is 3.30 bits per heavy atom. The number of hydrogen-bond acceptors (Lipinski definition) is 5. The second kappa shape index (κ2) is 6.05. The first-order chi connectivity index (χ1) is 11.2. The molecule has 2 aliphatic heterocycles. The maximum Gasteiger partial charge on any atom is 0.236 e. The molecule has 0 saturated carbocycles. The van der Waals surface area contributed by atoms with Crippen molar-refractivity contribution >= 4 is 17.2 Å². The molecule has 1 atom stereocenters. The molecule has 0 bridgehead atoms. The van der Waals surface area contributed by atoms with Gasteiger partial charge in [0.25, 0.3) is 0 Å². The van der Waals surface area contributed by atoms with Gasteiger partial charge >= 0.3 is 0 Å². The lowest BCUT2D eigenvalue weighted by molar-refractivity contribution is -0.131. The Morgan fingerprint density at radius 1 is 1.48 bits per heavy atom. The third-order valence-corrected chi connectivity index (χ3v) is 5.69. The number of aryl methyl sites for hydroxylation is 2. The van der Waals surface area contributed by atoms with E-state index < -0.39 is 0 Å². The molecule has 1 N–H and O–H groups in total. The quantitative estimate of drug-likeness (QED) is 0.916. The van der Waals surface area contributed by atoms with Crippen molar-refractivity contribution in [2.24, 2.45) is 0 Å². The van der Waals surface area contributed by atoms with E-state index in [1.54, 1.807) is 11.3 Å². The van der Waals surface area contributed by atoms with E-state index in [1.165, 1.54) is 10.4 Å². The second-order valence-electron chi connectivity index (χ2n) is 6.31. The lowest BCUT2D eigenvalue weighted by Crippen LogP contribution is -2.45. The van der Waals surface area contributed by atoms with Gasteiger partial charge in [-0.25, -0.2) is 9.67 Å². The molecule has 2 aliphatic rings. The molecular formula is C16H21N5OS. The van der Waals surface area contributed by atoms with E-state index in [1.807, 2.05) is 16.5 Å². The minimum atomic E-state index is 0.197. The number of carbonyl (C=O) groups is 1. The molecule has 0 spiro atoms. The number of thiophene rings is 1. The van der Waals surface area contributed by atoms with Crippen molar-refractivity contribution in [3.63, 3.8) is 0 Å². The molecule has 2 aromatic rings. The van der Waals surface area contributed by atoms with Crippen molar-refractivity contribution in [3.8, 4) is 0 Å². The average molecular weight is 331 g/mol. The summed E-state index contributed by atoms with van der Waals surface area (Å²) in [5, 5.41) is 9.94. The fraction of sp³-hybridized carbons (Fsp3) is 0.562. The second-order valence-corrected chi connectivity index (χ2v) is 7.31. The SMILES string of the molecule is Cc1nc2n(n1)CC(NCC(=O)N1CCc3sccc3C1)CC2. The van der Waals surface area contributed by atoms with Gasteiger partial charge < -0.3 is 10.2 Å². The summed E-state index contributed by atoms with van der Waals surface area (Å²) in [5.74, 6) is 2.09. The number of rotatable bonds is 3. The third-order valence-electron chi connectivity index (χ3n) is 4.67. The van der Waals surface area contributed by atoms with Crippen LogP contribution in [0.1, 0.15) is 28.5 Å². The van der Waals surface area contributed by atoms with Crippen LogP contribution in [0.2, 0.25) is 0 Å². The molecule has 1 unspecified atom stereocenters. The highest BCUT2D eigenvalue weighted by molar-refractivity contribution is 7.10. The van der Waals surface area contributed by atoms with Crippen LogP contribution < -0.4 is 5.32 Å². The molecular weight excluding hydrogens is 310 g/mol. The molecule has 23 heavy (non-hydrogen) atoms. The van der Waals surface area contributed by atoms with Crippen LogP contribution in [0.25, 0.3) is 0 Å². The predicted molar refractivity (Wildman–Crippen MR) is 88.3 cm³/mol. The van der Waals surface area contributed by atoms with Crippen molar-refractivity contribution in [2.45, 2.75) is 45.3 Å². The summed E-state index contributed by atoms with van der Waals surface area (Å²) in [6.07, 6.45) is 2.93. The number of amides is 1. The standard InChI is InChI=1S/C16H21N5OS/c1-11-18-15-3-2-13(10-21(15)19-11)17-8-16(22)20-6-4-14-12(9-20)5-7-23-14/h5,7,13,17H,2-4,6,8-10H2,1H3. The van der Waals surface area contributed by atoms with Crippen LogP contribution in [0, 0.1) is 6.92 Å². The molecule has 122 valence electrons. The molecule has 4 heterocycles. The van der Waals surface area contributed by atoms with E-state index in [4.69, 9.17) is 0 Å². The minimum absolute atomic E-state index is 0.197. The lowest BCUT2D eigenvalue weighted by atomic mass is 10.1. The molecule has 0 radical (unpaired) electrons. The summed E-state index contributed by atoms with van der Waals surface area (Å²) in [7, 11) is 0. The maximum atomic E-state index is 12.5. The van der Waals surface area contributed by atoms with Crippen LogP contribution in [0.3, 0.4) is 0 Å². The van der Waals surface area contributed by atoms with Crippen LogP contribution in [0.5, 0.6) is 0 Å². The molecule has 4 rings (SSSR count). The molecule has 2 aromatic heterocycles. The van der Waals surface area contributed by atoms with Gasteiger partial charge in [-0.15, -0.1) is 11.3 Å². The number of aromatic nitrogens is 3. The zero-order chi connectivity index (χ0) is 15.8. The molecule has 0 aromatic carbocycles. The minimum Gasteiger partial charge on any atom is -0.337 e. The summed E-state index contributed by atoms with van der Waals surface area (Å²) in [6, 6.07) is 2.44. The molecule has 6 nitrogen and oxygen atoms in total. The van der Waals surface area contributed by atoms with E-state index in [0.717, 1.165) is 50.5 Å². The van der Waals surface area contributed by atoms with Gasteiger partial charge in [-0.2, -0.15) is 5.10 Å². The number of nitrogens with one attached hydrogen (secondary N) is 1. The highest BCUT2D eigenvalue weighted by Crippen LogP contribution is 2.23. The van der Waals surface area contributed by atoms with E-state index in [9.17, 15) is 4.79 Å². The first kappa shape index (κ1) is 14.8. The van der Waals surface area contributed by atoms with Gasteiger partial charge in [0, 0.05) is 30.4 Å². The zero-order valence-corrected chi connectivity index (χ0v) is 14.1. The van der Waals surface area contributed by atoms with Crippen LogP contribution in [-0.2, 0) is 30.7 Å². The van der Waals surface area contributed by atoms with Crippen LogP contribution in [0.15, 0.2) is 11.4 Å². The smallest absolute Gasteiger partial charge is 0.236 e. The lowest BCUT2D eigenvalue weighted by Gasteiger charge is -2.29. The van der Waals surface area contributed by atoms with Crippen molar-refractivity contribution in [3.05, 3.63) is 33.5 Å². The van der Waals surface area contributed by atoms with Crippen LogP contribution in [-0.4, -0.2) is 44.7 Å². The number of nitrogens with zero attached hydrogens (tertiary/aromatic N) is 4. The topological polar surface area (TPSA) is 63.1 Å². The number of hydrogen-bond donors (Lipinski definition) is 1. The van der Waals surface area contributed by atoms with E-state index >= 15 is 0 Å². The highest BCUT2D eigenvalue weighted by Gasteiger charge is 2.24. The molecule has 0 aliphatic carbocycles. The average Bonchev–Trinajstić information content (AvgIpc) is 3.16. The highest BCUT2D eigenvalue weighted by atomic mass is 32.1. The van der Waals surface area contributed by atoms with Crippen molar-refractivity contribution in [1.29, 1.82) is 0 Å². The van der Waals surface area contributed by atoms with E-state index in [-0.39, 0.29) is 5.91 Å². The van der Waals surface area contributed by atoms with Crippen molar-refractivity contribution in [2.75, 3.05) is 13.1 Å². The summed E-state index contributed by atoms with van der Waals surface area (Å²) in [6.45, 7) is 4.74. The third kappa shape index (κ3) is 3.03. The summed E-state index contributed by atoms with van der Waals surface area (Å²) < 4.78 is 1.97. The number of fused-ring (bicyclic) bond motifs is 2. The number of carbonyl (C=O) groups excluding carboxylic acids is 1. The fourth-order valence-corrected chi connectivity index (χ4v) is 4.29. The van der Waals surface area contributed by atoms with Gasteiger partial charge in [0.2, 0.25) is 5.91 Å². The fourth-order valence-electron chi connectivity index (χ4n) is 3.41. The molecule has 0 fully saturated rings. The Morgan fingerprint density at radius 2 is 2.39 bits per heavy atom. The predicted octanol–water partition coefficient (Wildman–Crippen LogP) is 1.14. The molecule has 0 saturated heterocycles. The summed E-state index contributed by atoms with van der Waals surface area (Å²) >= 11 is 1.80. The van der Waals surface area contributed by atoms with Gasteiger partial charge in [0.1, 0.15) is 11.6 Å². The van der Waals surface area contributed by atoms with E-state index in [2.05, 4.69) is 26.8 Å². The largest absolute Gasteiger partial charge is 0.337 e. The molecule has 7 heteroatoms. The summed E-state index contributed by atoms with van der Waals surface area (Å²) in [5.41, 5.74) is 1.31. The normalized spacial score (nSPS) is 20.2. The van der Waals surface area contributed by atoms with Gasteiger partial charge in [-0.3, -0.25) is 4.79 Å². The van der Waals surface area contributed by atoms with E-state index in [0.29, 0.717) is 12.6 Å². The first-order valence-electron chi connectivity index (χ1n) is 8.16. The Kier molecular flexibility index (Phi) is 3.90. The maximum absolute atomic E-state index is 12.5. The first-order valence-corrected chi connectivity index (χ1v) is 9.04. The van der Waals surface area contributed by atoms with Gasteiger partial charge in [0.15, 0.2) is 0 Å². The Bertz CT molecular complexity index is 722. The molecule has 1 amide bonds. The monoisotopic (exact) mass is 331 g/mol. The van der Waals surface area contributed by atoms with Crippen LogP contribution in [0.4, 0.5) is 0 Å². The zero-order valence-electron chi connectivity index (χ0n) is 13.3. The van der Waals surface area contributed by atoms with Crippen molar-refractivity contribution < 1.29 is 4.79 Å². The van der Waals surface area contributed by atoms with Crippen LogP contribution >= 0.6 is 11.3 Å².